The Kier molecular flexibility index (Phi) is 4.75. The van der Waals surface area contributed by atoms with Crippen LogP contribution in [0.1, 0.15) is 29.0 Å². The summed E-state index contributed by atoms with van der Waals surface area (Å²) in [6.45, 7) is 5.12. The first-order valence-electron chi connectivity index (χ1n) is 6.07. The molecule has 1 unspecified atom stereocenters. The van der Waals surface area contributed by atoms with Gasteiger partial charge >= 0.3 is 0 Å². The smallest absolute Gasteiger partial charge is 0.0794 e. The first-order chi connectivity index (χ1) is 8.70. The van der Waals surface area contributed by atoms with Crippen molar-refractivity contribution in [2.45, 2.75) is 26.3 Å². The molecule has 0 radical (unpaired) electrons. The molecule has 0 saturated carbocycles. The number of nitrogens with one attached hydrogen (secondary N) is 1. The van der Waals surface area contributed by atoms with Gasteiger partial charge in [0.15, 0.2) is 0 Å². The van der Waals surface area contributed by atoms with Crippen molar-refractivity contribution in [3.8, 4) is 0 Å². The molecule has 1 atom stereocenters. The number of thiazole rings is 1. The summed E-state index contributed by atoms with van der Waals surface area (Å²) < 4.78 is 0. The molecule has 18 heavy (non-hydrogen) atoms. The van der Waals surface area contributed by atoms with Crippen molar-refractivity contribution in [2.75, 3.05) is 6.54 Å². The largest absolute Gasteiger partial charge is 0.310 e. The van der Waals surface area contributed by atoms with E-state index in [-0.39, 0.29) is 0 Å². The van der Waals surface area contributed by atoms with Gasteiger partial charge in [0.05, 0.1) is 5.51 Å². The van der Waals surface area contributed by atoms with Crippen LogP contribution in [0.15, 0.2) is 29.9 Å². The number of hydrogen-bond acceptors (Lipinski definition) is 3. The van der Waals surface area contributed by atoms with Gasteiger partial charge in [0.25, 0.3) is 0 Å². The minimum atomic E-state index is 0.325. The second-order valence-electron chi connectivity index (χ2n) is 4.29. The predicted molar refractivity (Wildman–Crippen MR) is 78.4 cm³/mol. The maximum atomic E-state index is 6.08. The Bertz CT molecular complexity index is 497. The molecule has 4 heteroatoms. The van der Waals surface area contributed by atoms with Gasteiger partial charge in [0.1, 0.15) is 0 Å². The molecule has 2 rings (SSSR count). The van der Waals surface area contributed by atoms with Gasteiger partial charge in [-0.15, -0.1) is 11.3 Å². The van der Waals surface area contributed by atoms with E-state index in [9.17, 15) is 0 Å². The van der Waals surface area contributed by atoms with Crippen LogP contribution in [0.2, 0.25) is 5.02 Å². The summed E-state index contributed by atoms with van der Waals surface area (Å²) in [5.41, 5.74) is 4.29. The van der Waals surface area contributed by atoms with E-state index in [1.807, 2.05) is 24.7 Å². The zero-order valence-electron chi connectivity index (χ0n) is 10.6. The van der Waals surface area contributed by atoms with E-state index < -0.39 is 0 Å². The Labute approximate surface area is 117 Å². The number of aryl methyl sites for hydroxylation is 1. The molecule has 0 spiro atoms. The highest BCUT2D eigenvalue weighted by molar-refractivity contribution is 7.09. The molecule has 2 nitrogen and oxygen atoms in total. The zero-order valence-corrected chi connectivity index (χ0v) is 12.2. The average Bonchev–Trinajstić information content (AvgIpc) is 2.85. The van der Waals surface area contributed by atoms with E-state index in [0.717, 1.165) is 23.6 Å². The number of halogens is 1. The highest BCUT2D eigenvalue weighted by Gasteiger charge is 2.12. The highest BCUT2D eigenvalue weighted by atomic mass is 35.5. The summed E-state index contributed by atoms with van der Waals surface area (Å²) in [5, 5.41) is 4.35. The summed E-state index contributed by atoms with van der Waals surface area (Å²) in [6, 6.07) is 6.57. The molecule has 1 heterocycles. The van der Waals surface area contributed by atoms with Crippen LogP contribution in [0.4, 0.5) is 0 Å². The van der Waals surface area contributed by atoms with Gasteiger partial charge in [0.2, 0.25) is 0 Å². The molecule has 0 amide bonds. The molecule has 0 aliphatic heterocycles. The third-order valence-corrected chi connectivity index (χ3v) is 4.15. The number of likely N-dealkylation sites (N-methyl/N-ethyl adjacent to an activating group) is 1. The molecule has 2 aromatic rings. The molecule has 0 bridgehead atoms. The van der Waals surface area contributed by atoms with Gasteiger partial charge in [-0.25, -0.2) is 0 Å². The van der Waals surface area contributed by atoms with E-state index in [1.165, 1.54) is 10.4 Å². The molecule has 0 aliphatic rings. The lowest BCUT2D eigenvalue weighted by Crippen LogP contribution is -2.22. The number of aromatic nitrogens is 1. The fourth-order valence-corrected chi connectivity index (χ4v) is 2.74. The first-order valence-corrected chi connectivity index (χ1v) is 7.33. The maximum Gasteiger partial charge on any atom is 0.0794 e. The molecule has 0 aliphatic carbocycles. The van der Waals surface area contributed by atoms with Crippen LogP contribution in [0.5, 0.6) is 0 Å². The monoisotopic (exact) mass is 280 g/mol. The van der Waals surface area contributed by atoms with E-state index in [1.54, 1.807) is 11.3 Å². The Morgan fingerprint density at radius 1 is 1.44 bits per heavy atom. The Balaban J connectivity index is 2.20. The SMILES string of the molecule is CCNC(Cc1cncs1)c1ccc(Cl)c(C)c1. The third-order valence-electron chi connectivity index (χ3n) is 2.92. The van der Waals surface area contributed by atoms with E-state index >= 15 is 0 Å². The minimum Gasteiger partial charge on any atom is -0.310 e. The molecule has 1 aromatic carbocycles. The van der Waals surface area contributed by atoms with E-state index in [0.29, 0.717) is 6.04 Å². The number of hydrogen-bond donors (Lipinski definition) is 1. The van der Waals surface area contributed by atoms with E-state index in [2.05, 4.69) is 29.4 Å². The second kappa shape index (κ2) is 6.32. The minimum absolute atomic E-state index is 0.325. The van der Waals surface area contributed by atoms with Crippen LogP contribution in [-0.2, 0) is 6.42 Å². The lowest BCUT2D eigenvalue weighted by molar-refractivity contribution is 0.553. The van der Waals surface area contributed by atoms with Crippen molar-refractivity contribution in [1.82, 2.24) is 10.3 Å². The van der Waals surface area contributed by atoms with Gasteiger partial charge in [-0.05, 0) is 30.7 Å². The van der Waals surface area contributed by atoms with Gasteiger partial charge in [-0.3, -0.25) is 4.98 Å². The topological polar surface area (TPSA) is 24.9 Å². The molecule has 96 valence electrons. The Hall–Kier alpha value is -0.900. The average molecular weight is 281 g/mol. The van der Waals surface area contributed by atoms with Crippen LogP contribution in [0.3, 0.4) is 0 Å². The quantitative estimate of drug-likeness (QED) is 0.895. The number of rotatable bonds is 5. The van der Waals surface area contributed by atoms with Crippen molar-refractivity contribution in [1.29, 1.82) is 0 Å². The summed E-state index contributed by atoms with van der Waals surface area (Å²) in [5.74, 6) is 0. The third kappa shape index (κ3) is 3.31. The predicted octanol–water partition coefficient (Wildman–Crippen LogP) is 4.00. The van der Waals surface area contributed by atoms with Crippen molar-refractivity contribution < 1.29 is 0 Å². The summed E-state index contributed by atoms with van der Waals surface area (Å²) in [4.78, 5) is 5.43. The fourth-order valence-electron chi connectivity index (χ4n) is 1.98. The van der Waals surface area contributed by atoms with Crippen LogP contribution < -0.4 is 5.32 Å². The molecule has 0 fully saturated rings. The molecular weight excluding hydrogens is 264 g/mol. The summed E-state index contributed by atoms with van der Waals surface area (Å²) in [7, 11) is 0. The van der Waals surface area contributed by atoms with Gasteiger partial charge in [0, 0.05) is 28.6 Å². The molecule has 0 saturated heterocycles. The Morgan fingerprint density at radius 2 is 2.28 bits per heavy atom. The van der Waals surface area contributed by atoms with Gasteiger partial charge in [-0.2, -0.15) is 0 Å². The van der Waals surface area contributed by atoms with Crippen LogP contribution >= 0.6 is 22.9 Å². The van der Waals surface area contributed by atoms with Gasteiger partial charge < -0.3 is 5.32 Å². The van der Waals surface area contributed by atoms with Crippen molar-refractivity contribution in [3.63, 3.8) is 0 Å². The fraction of sp³-hybridized carbons (Fsp3) is 0.357. The van der Waals surface area contributed by atoms with Crippen LogP contribution in [0, 0.1) is 6.92 Å². The first kappa shape index (κ1) is 13.5. The van der Waals surface area contributed by atoms with Crippen molar-refractivity contribution >= 4 is 22.9 Å². The molecule has 1 N–H and O–H groups in total. The van der Waals surface area contributed by atoms with E-state index in [4.69, 9.17) is 11.6 Å². The lowest BCUT2D eigenvalue weighted by Gasteiger charge is -2.18. The summed E-state index contributed by atoms with van der Waals surface area (Å²) in [6.07, 6.45) is 2.91. The highest BCUT2D eigenvalue weighted by Crippen LogP contribution is 2.24. The van der Waals surface area contributed by atoms with Gasteiger partial charge in [-0.1, -0.05) is 30.7 Å². The lowest BCUT2D eigenvalue weighted by atomic mass is 10.0. The standard InChI is InChI=1S/C14H17ClN2S/c1-3-17-14(7-12-8-16-9-18-12)11-4-5-13(15)10(2)6-11/h4-6,8-9,14,17H,3,7H2,1-2H3. The number of benzene rings is 1. The van der Waals surface area contributed by atoms with Crippen molar-refractivity contribution in [3.05, 3.63) is 50.9 Å². The zero-order chi connectivity index (χ0) is 13.0. The summed E-state index contributed by atoms with van der Waals surface area (Å²) >= 11 is 7.78. The Morgan fingerprint density at radius 3 is 2.89 bits per heavy atom. The number of nitrogens with zero attached hydrogens (tertiary/aromatic N) is 1. The molecule has 1 aromatic heterocycles. The normalized spacial score (nSPS) is 12.6. The second-order valence-corrected chi connectivity index (χ2v) is 5.67. The van der Waals surface area contributed by atoms with Crippen molar-refractivity contribution in [2.24, 2.45) is 0 Å². The van der Waals surface area contributed by atoms with Crippen LogP contribution in [-0.4, -0.2) is 11.5 Å². The molecular formula is C14H17ClN2S. The van der Waals surface area contributed by atoms with Crippen LogP contribution in [0.25, 0.3) is 0 Å². The maximum absolute atomic E-state index is 6.08.